The number of rotatable bonds is 2. The molecule has 0 aromatic carbocycles. The molecule has 1 aromatic heterocycles. The third kappa shape index (κ3) is 1.51. The molecule has 0 spiro atoms. The van der Waals surface area contributed by atoms with Gasteiger partial charge in [0.1, 0.15) is 5.82 Å². The van der Waals surface area contributed by atoms with E-state index < -0.39 is 0 Å². The molecule has 14 heavy (non-hydrogen) atoms. The third-order valence-electron chi connectivity index (χ3n) is 2.98. The zero-order chi connectivity index (χ0) is 10.1. The molecule has 0 saturated carbocycles. The minimum atomic E-state index is 0.576. The number of fused-ring (bicyclic) bond motifs is 1. The van der Waals surface area contributed by atoms with E-state index in [1.54, 1.807) is 0 Å². The molecule has 0 radical (unpaired) electrons. The van der Waals surface area contributed by atoms with E-state index in [0.29, 0.717) is 12.0 Å². The Labute approximate surface area is 85.5 Å². The van der Waals surface area contributed by atoms with Crippen molar-refractivity contribution in [3.05, 3.63) is 11.8 Å². The van der Waals surface area contributed by atoms with E-state index in [-0.39, 0.29) is 0 Å². The number of aromatic nitrogens is 2. The van der Waals surface area contributed by atoms with E-state index >= 15 is 0 Å². The van der Waals surface area contributed by atoms with E-state index in [2.05, 4.69) is 41.9 Å². The van der Waals surface area contributed by atoms with Crippen molar-refractivity contribution < 1.29 is 0 Å². The van der Waals surface area contributed by atoms with Gasteiger partial charge in [0.15, 0.2) is 0 Å². The summed E-state index contributed by atoms with van der Waals surface area (Å²) >= 11 is 0. The standard InChI is InChI=1S/C11H19N3/c1-4-9-7-11-12-6-5-10(8(2)3)14(11)13-9/h7-8,10,12H,4-6H2,1-3H3. The average molecular weight is 193 g/mol. The molecule has 3 nitrogen and oxygen atoms in total. The van der Waals surface area contributed by atoms with Gasteiger partial charge >= 0.3 is 0 Å². The van der Waals surface area contributed by atoms with Crippen molar-refractivity contribution in [2.24, 2.45) is 5.92 Å². The fraction of sp³-hybridized carbons (Fsp3) is 0.727. The van der Waals surface area contributed by atoms with Crippen LogP contribution < -0.4 is 5.32 Å². The van der Waals surface area contributed by atoms with E-state index in [0.717, 1.165) is 13.0 Å². The highest BCUT2D eigenvalue weighted by Crippen LogP contribution is 2.29. The van der Waals surface area contributed by atoms with Crippen LogP contribution in [0.25, 0.3) is 0 Å². The highest BCUT2D eigenvalue weighted by Gasteiger charge is 2.23. The Kier molecular flexibility index (Phi) is 2.48. The first-order valence-corrected chi connectivity index (χ1v) is 5.54. The van der Waals surface area contributed by atoms with E-state index in [4.69, 9.17) is 0 Å². The molecule has 1 atom stereocenters. The second kappa shape index (κ2) is 3.64. The molecular formula is C11H19N3. The van der Waals surface area contributed by atoms with Crippen LogP contribution in [0.15, 0.2) is 6.07 Å². The molecule has 1 aliphatic rings. The van der Waals surface area contributed by atoms with Crippen LogP contribution in [0.3, 0.4) is 0 Å². The molecule has 78 valence electrons. The lowest BCUT2D eigenvalue weighted by Gasteiger charge is -2.28. The summed E-state index contributed by atoms with van der Waals surface area (Å²) in [4.78, 5) is 0. The molecule has 0 saturated heterocycles. The number of hydrogen-bond acceptors (Lipinski definition) is 2. The van der Waals surface area contributed by atoms with Crippen molar-refractivity contribution in [1.82, 2.24) is 9.78 Å². The number of anilines is 1. The second-order valence-corrected chi connectivity index (χ2v) is 4.35. The average Bonchev–Trinajstić information content (AvgIpc) is 2.59. The van der Waals surface area contributed by atoms with Crippen LogP contribution in [-0.2, 0) is 6.42 Å². The molecular weight excluding hydrogens is 174 g/mol. The first-order chi connectivity index (χ1) is 6.72. The predicted molar refractivity (Wildman–Crippen MR) is 58.6 cm³/mol. The van der Waals surface area contributed by atoms with Gasteiger partial charge in [-0.25, -0.2) is 4.68 Å². The molecule has 3 heteroatoms. The summed E-state index contributed by atoms with van der Waals surface area (Å²) < 4.78 is 2.17. The molecule has 1 aromatic rings. The minimum Gasteiger partial charge on any atom is -0.370 e. The Morgan fingerprint density at radius 2 is 2.43 bits per heavy atom. The summed E-state index contributed by atoms with van der Waals surface area (Å²) in [6.45, 7) is 7.77. The summed E-state index contributed by atoms with van der Waals surface area (Å²) in [5.41, 5.74) is 1.19. The quantitative estimate of drug-likeness (QED) is 0.782. The lowest BCUT2D eigenvalue weighted by molar-refractivity contribution is 0.321. The van der Waals surface area contributed by atoms with Crippen LogP contribution in [0.4, 0.5) is 5.82 Å². The Bertz CT molecular complexity index is 314. The summed E-state index contributed by atoms with van der Waals surface area (Å²) in [5.74, 6) is 1.87. The van der Waals surface area contributed by atoms with Gasteiger partial charge in [-0.05, 0) is 18.8 Å². The van der Waals surface area contributed by atoms with Crippen molar-refractivity contribution in [3.63, 3.8) is 0 Å². The van der Waals surface area contributed by atoms with Gasteiger partial charge in [-0.3, -0.25) is 0 Å². The van der Waals surface area contributed by atoms with E-state index in [9.17, 15) is 0 Å². The molecule has 1 unspecified atom stereocenters. The first kappa shape index (κ1) is 9.56. The molecule has 2 rings (SSSR count). The summed E-state index contributed by atoms with van der Waals surface area (Å²) in [6.07, 6.45) is 2.21. The molecule has 0 bridgehead atoms. The van der Waals surface area contributed by atoms with Crippen LogP contribution in [-0.4, -0.2) is 16.3 Å². The summed E-state index contributed by atoms with van der Waals surface area (Å²) in [7, 11) is 0. The molecule has 1 N–H and O–H groups in total. The maximum atomic E-state index is 4.63. The minimum absolute atomic E-state index is 0.576. The molecule has 1 aliphatic heterocycles. The van der Waals surface area contributed by atoms with E-state index in [1.807, 2.05) is 0 Å². The first-order valence-electron chi connectivity index (χ1n) is 5.54. The van der Waals surface area contributed by atoms with Crippen molar-refractivity contribution in [1.29, 1.82) is 0 Å². The molecule has 2 heterocycles. The zero-order valence-electron chi connectivity index (χ0n) is 9.25. The maximum Gasteiger partial charge on any atom is 0.124 e. The van der Waals surface area contributed by atoms with Crippen LogP contribution in [0.1, 0.15) is 38.9 Å². The van der Waals surface area contributed by atoms with Crippen molar-refractivity contribution in [2.75, 3.05) is 11.9 Å². The monoisotopic (exact) mass is 193 g/mol. The lowest BCUT2D eigenvalue weighted by atomic mass is 10.00. The Hall–Kier alpha value is -0.990. The molecule has 0 amide bonds. The number of aryl methyl sites for hydroxylation is 1. The molecule has 0 aliphatic carbocycles. The highest BCUT2D eigenvalue weighted by molar-refractivity contribution is 5.39. The van der Waals surface area contributed by atoms with Crippen molar-refractivity contribution in [3.8, 4) is 0 Å². The van der Waals surface area contributed by atoms with Gasteiger partial charge in [0.05, 0.1) is 11.7 Å². The van der Waals surface area contributed by atoms with Gasteiger partial charge in [0, 0.05) is 12.6 Å². The van der Waals surface area contributed by atoms with Crippen LogP contribution >= 0.6 is 0 Å². The van der Waals surface area contributed by atoms with Crippen LogP contribution in [0.2, 0.25) is 0 Å². The Morgan fingerprint density at radius 3 is 3.07 bits per heavy atom. The number of nitrogens with zero attached hydrogens (tertiary/aromatic N) is 2. The van der Waals surface area contributed by atoms with Crippen molar-refractivity contribution in [2.45, 2.75) is 39.7 Å². The van der Waals surface area contributed by atoms with Gasteiger partial charge in [-0.15, -0.1) is 0 Å². The number of hydrogen-bond donors (Lipinski definition) is 1. The van der Waals surface area contributed by atoms with Gasteiger partial charge in [0.25, 0.3) is 0 Å². The smallest absolute Gasteiger partial charge is 0.124 e. The Morgan fingerprint density at radius 1 is 1.64 bits per heavy atom. The summed E-state index contributed by atoms with van der Waals surface area (Å²) in [5, 5.41) is 8.03. The fourth-order valence-electron chi connectivity index (χ4n) is 2.09. The van der Waals surface area contributed by atoms with Gasteiger partial charge < -0.3 is 5.32 Å². The highest BCUT2D eigenvalue weighted by atomic mass is 15.4. The normalized spacial score (nSPS) is 20.7. The van der Waals surface area contributed by atoms with Gasteiger partial charge in [-0.1, -0.05) is 20.8 Å². The maximum absolute atomic E-state index is 4.63. The topological polar surface area (TPSA) is 29.9 Å². The molecule has 0 fully saturated rings. The predicted octanol–water partition coefficient (Wildman–Crippen LogP) is 2.46. The van der Waals surface area contributed by atoms with E-state index in [1.165, 1.54) is 17.9 Å². The fourth-order valence-corrected chi connectivity index (χ4v) is 2.09. The van der Waals surface area contributed by atoms with Crippen molar-refractivity contribution >= 4 is 5.82 Å². The zero-order valence-corrected chi connectivity index (χ0v) is 9.25. The largest absolute Gasteiger partial charge is 0.370 e. The third-order valence-corrected chi connectivity index (χ3v) is 2.98. The van der Waals surface area contributed by atoms with Gasteiger partial charge in [-0.2, -0.15) is 5.10 Å². The summed E-state index contributed by atoms with van der Waals surface area (Å²) in [6, 6.07) is 2.75. The van der Waals surface area contributed by atoms with Gasteiger partial charge in [0.2, 0.25) is 0 Å². The van der Waals surface area contributed by atoms with Crippen LogP contribution in [0, 0.1) is 5.92 Å². The second-order valence-electron chi connectivity index (χ2n) is 4.35. The number of nitrogens with one attached hydrogen (secondary N) is 1. The Balaban J connectivity index is 2.33. The SMILES string of the molecule is CCc1cc2n(n1)C(C(C)C)CCN2. The lowest BCUT2D eigenvalue weighted by Crippen LogP contribution is -2.26. The van der Waals surface area contributed by atoms with Crippen LogP contribution in [0.5, 0.6) is 0 Å².